The van der Waals surface area contributed by atoms with Crippen LogP contribution in [-0.2, 0) is 11.3 Å². The number of rotatable bonds is 4. The summed E-state index contributed by atoms with van der Waals surface area (Å²) in [7, 11) is 1.66. The molecular formula is C14H21ClN2O2. The van der Waals surface area contributed by atoms with Crippen LogP contribution in [0.25, 0.3) is 5.57 Å². The third kappa shape index (κ3) is 3.38. The molecule has 0 aliphatic heterocycles. The van der Waals surface area contributed by atoms with Gasteiger partial charge in [0.1, 0.15) is 0 Å². The summed E-state index contributed by atoms with van der Waals surface area (Å²) in [5.74, 6) is 0. The van der Waals surface area contributed by atoms with Crippen LogP contribution < -0.4 is 0 Å². The first-order chi connectivity index (χ1) is 8.93. The van der Waals surface area contributed by atoms with Gasteiger partial charge in [-0.3, -0.25) is 4.68 Å². The van der Waals surface area contributed by atoms with Crippen LogP contribution in [0.3, 0.4) is 0 Å². The third-order valence-corrected chi connectivity index (χ3v) is 3.71. The zero-order valence-corrected chi connectivity index (χ0v) is 12.4. The van der Waals surface area contributed by atoms with Gasteiger partial charge in [0.25, 0.3) is 0 Å². The number of nitrogens with zero attached hydrogens (tertiary/aromatic N) is 2. The van der Waals surface area contributed by atoms with Crippen molar-refractivity contribution in [3.8, 4) is 0 Å². The Kier molecular flexibility index (Phi) is 4.33. The van der Waals surface area contributed by atoms with E-state index in [0.29, 0.717) is 18.2 Å². The number of aliphatic hydroxyl groups is 1. The molecule has 1 N–H and O–H groups in total. The number of halogens is 1. The summed E-state index contributed by atoms with van der Waals surface area (Å²) in [5, 5.41) is 14.9. The van der Waals surface area contributed by atoms with Crippen molar-refractivity contribution in [2.45, 2.75) is 39.3 Å². The average Bonchev–Trinajstić information content (AvgIpc) is 2.65. The van der Waals surface area contributed by atoms with E-state index in [1.807, 2.05) is 10.8 Å². The van der Waals surface area contributed by atoms with Crippen molar-refractivity contribution in [1.82, 2.24) is 9.78 Å². The number of hydrogen-bond acceptors (Lipinski definition) is 3. The molecule has 0 aromatic carbocycles. The Balaban J connectivity index is 2.33. The summed E-state index contributed by atoms with van der Waals surface area (Å²) in [6.45, 7) is 5.57. The molecule has 2 rings (SSSR count). The smallest absolute Gasteiger partial charge is 0.0862 e. The van der Waals surface area contributed by atoms with Gasteiger partial charge in [0.15, 0.2) is 0 Å². The van der Waals surface area contributed by atoms with Crippen LogP contribution in [0.1, 0.15) is 32.4 Å². The first kappa shape index (κ1) is 14.6. The molecule has 1 atom stereocenters. The van der Waals surface area contributed by atoms with E-state index in [1.54, 1.807) is 13.3 Å². The van der Waals surface area contributed by atoms with E-state index >= 15 is 0 Å². The highest BCUT2D eigenvalue weighted by molar-refractivity contribution is 6.32. The van der Waals surface area contributed by atoms with E-state index in [-0.39, 0.29) is 5.41 Å². The molecule has 1 aliphatic carbocycles. The van der Waals surface area contributed by atoms with Crippen LogP contribution in [0.15, 0.2) is 12.3 Å². The van der Waals surface area contributed by atoms with Crippen LogP contribution in [-0.4, -0.2) is 34.7 Å². The Hall–Kier alpha value is -0.840. The average molecular weight is 285 g/mol. The fourth-order valence-corrected chi connectivity index (χ4v) is 2.96. The number of hydrogen-bond donors (Lipinski definition) is 1. The van der Waals surface area contributed by atoms with Crippen molar-refractivity contribution >= 4 is 17.2 Å². The number of aromatic nitrogens is 2. The second-order valence-electron chi connectivity index (χ2n) is 5.86. The SMILES string of the molecule is COCCn1ncc(Cl)c1C1=CC(O)CC(C)(C)C1. The molecule has 1 unspecified atom stereocenters. The summed E-state index contributed by atoms with van der Waals surface area (Å²) in [4.78, 5) is 0. The minimum atomic E-state index is -0.416. The fourth-order valence-electron chi connectivity index (χ4n) is 2.70. The van der Waals surface area contributed by atoms with Crippen LogP contribution >= 0.6 is 11.6 Å². The molecule has 0 fully saturated rings. The quantitative estimate of drug-likeness (QED) is 0.925. The van der Waals surface area contributed by atoms with E-state index in [9.17, 15) is 5.11 Å². The molecule has 1 aromatic heterocycles. The molecule has 0 saturated heterocycles. The summed E-state index contributed by atoms with van der Waals surface area (Å²) >= 11 is 6.25. The molecule has 0 saturated carbocycles. The Morgan fingerprint density at radius 1 is 1.58 bits per heavy atom. The molecule has 1 aliphatic rings. The van der Waals surface area contributed by atoms with Crippen LogP contribution in [0, 0.1) is 5.41 Å². The molecule has 5 heteroatoms. The first-order valence-electron chi connectivity index (χ1n) is 6.52. The summed E-state index contributed by atoms with van der Waals surface area (Å²) in [5.41, 5.74) is 2.05. The molecule has 1 heterocycles. The summed E-state index contributed by atoms with van der Waals surface area (Å²) in [6, 6.07) is 0. The maximum atomic E-state index is 10.00. The van der Waals surface area contributed by atoms with Gasteiger partial charge >= 0.3 is 0 Å². The van der Waals surface area contributed by atoms with Gasteiger partial charge in [-0.15, -0.1) is 0 Å². The van der Waals surface area contributed by atoms with Gasteiger partial charge in [-0.1, -0.05) is 31.5 Å². The number of ether oxygens (including phenoxy) is 1. The molecule has 0 radical (unpaired) electrons. The van der Waals surface area contributed by atoms with Crippen molar-refractivity contribution < 1.29 is 9.84 Å². The van der Waals surface area contributed by atoms with Crippen molar-refractivity contribution in [2.24, 2.45) is 5.41 Å². The Morgan fingerprint density at radius 3 is 2.95 bits per heavy atom. The van der Waals surface area contributed by atoms with Crippen molar-refractivity contribution in [3.63, 3.8) is 0 Å². The van der Waals surface area contributed by atoms with Gasteiger partial charge in [-0.25, -0.2) is 0 Å². The van der Waals surface area contributed by atoms with Crippen molar-refractivity contribution in [2.75, 3.05) is 13.7 Å². The highest BCUT2D eigenvalue weighted by Gasteiger charge is 2.30. The van der Waals surface area contributed by atoms with E-state index in [4.69, 9.17) is 16.3 Å². The monoisotopic (exact) mass is 284 g/mol. The zero-order valence-electron chi connectivity index (χ0n) is 11.7. The lowest BCUT2D eigenvalue weighted by Crippen LogP contribution is -2.25. The predicted octanol–water partition coefficient (Wildman–Crippen LogP) is 2.75. The zero-order chi connectivity index (χ0) is 14.0. The van der Waals surface area contributed by atoms with Gasteiger partial charge in [-0.05, 0) is 23.8 Å². The van der Waals surface area contributed by atoms with Gasteiger partial charge in [-0.2, -0.15) is 5.10 Å². The lowest BCUT2D eigenvalue weighted by Gasteiger charge is -2.32. The standard InChI is InChI=1S/C14H21ClN2O2/c1-14(2)7-10(6-11(18)8-14)13-12(15)9-16-17(13)4-5-19-3/h6,9,11,18H,4-5,7-8H2,1-3H3. The topological polar surface area (TPSA) is 47.3 Å². The summed E-state index contributed by atoms with van der Waals surface area (Å²) < 4.78 is 6.94. The molecule has 0 spiro atoms. The predicted molar refractivity (Wildman–Crippen MR) is 76.1 cm³/mol. The molecule has 106 valence electrons. The van der Waals surface area contributed by atoms with Gasteiger partial charge in [0, 0.05) is 7.11 Å². The minimum Gasteiger partial charge on any atom is -0.389 e. The van der Waals surface area contributed by atoms with Gasteiger partial charge < -0.3 is 9.84 Å². The number of methoxy groups -OCH3 is 1. The maximum absolute atomic E-state index is 10.00. The largest absolute Gasteiger partial charge is 0.389 e. The second kappa shape index (κ2) is 5.65. The third-order valence-electron chi connectivity index (χ3n) is 3.43. The lowest BCUT2D eigenvalue weighted by atomic mass is 9.75. The first-order valence-corrected chi connectivity index (χ1v) is 6.90. The molecule has 0 amide bonds. The summed E-state index contributed by atoms with van der Waals surface area (Å²) in [6.07, 6.45) is 4.81. The fraction of sp³-hybridized carbons (Fsp3) is 0.643. The van der Waals surface area contributed by atoms with Crippen LogP contribution in [0.2, 0.25) is 5.02 Å². The molecule has 19 heavy (non-hydrogen) atoms. The van der Waals surface area contributed by atoms with Crippen LogP contribution in [0.5, 0.6) is 0 Å². The van der Waals surface area contributed by atoms with Crippen molar-refractivity contribution in [1.29, 1.82) is 0 Å². The molecule has 4 nitrogen and oxygen atoms in total. The maximum Gasteiger partial charge on any atom is 0.0862 e. The Labute approximate surface area is 119 Å². The van der Waals surface area contributed by atoms with E-state index in [2.05, 4.69) is 18.9 Å². The van der Waals surface area contributed by atoms with Crippen molar-refractivity contribution in [3.05, 3.63) is 23.0 Å². The second-order valence-corrected chi connectivity index (χ2v) is 6.27. The minimum absolute atomic E-state index is 0.0726. The Bertz CT molecular complexity index is 480. The van der Waals surface area contributed by atoms with Crippen LogP contribution in [0.4, 0.5) is 0 Å². The Morgan fingerprint density at radius 2 is 2.32 bits per heavy atom. The normalized spacial score (nSPS) is 22.4. The highest BCUT2D eigenvalue weighted by Crippen LogP contribution is 2.41. The molecule has 1 aromatic rings. The number of allylic oxidation sites excluding steroid dienone is 1. The van der Waals surface area contributed by atoms with Gasteiger partial charge in [0.2, 0.25) is 0 Å². The number of aliphatic hydroxyl groups excluding tert-OH is 1. The van der Waals surface area contributed by atoms with E-state index in [1.165, 1.54) is 0 Å². The molecule has 0 bridgehead atoms. The molecular weight excluding hydrogens is 264 g/mol. The van der Waals surface area contributed by atoms with E-state index in [0.717, 1.165) is 24.1 Å². The highest BCUT2D eigenvalue weighted by atomic mass is 35.5. The lowest BCUT2D eigenvalue weighted by molar-refractivity contribution is 0.145. The van der Waals surface area contributed by atoms with Gasteiger partial charge in [0.05, 0.1) is 36.2 Å². The van der Waals surface area contributed by atoms with E-state index < -0.39 is 6.10 Å².